The smallest absolute Gasteiger partial charge is 0.407 e. The van der Waals surface area contributed by atoms with E-state index in [-0.39, 0.29) is 17.2 Å². The summed E-state index contributed by atoms with van der Waals surface area (Å²) in [4.78, 5) is 29.9. The number of ether oxygens (including phenoxy) is 1. The van der Waals surface area contributed by atoms with Crippen LogP contribution in [0.1, 0.15) is 37.5 Å². The summed E-state index contributed by atoms with van der Waals surface area (Å²) in [5, 5.41) is 5.75. The van der Waals surface area contributed by atoms with Crippen molar-refractivity contribution >= 4 is 23.8 Å². The molecule has 2 amide bonds. The first kappa shape index (κ1) is 27.3. The van der Waals surface area contributed by atoms with E-state index in [0.717, 1.165) is 16.7 Å². The predicted octanol–water partition coefficient (Wildman–Crippen LogP) is 5.18. The van der Waals surface area contributed by atoms with Crippen molar-refractivity contribution in [3.63, 3.8) is 0 Å². The van der Waals surface area contributed by atoms with Crippen LogP contribution in [0.2, 0.25) is 0 Å². The van der Waals surface area contributed by atoms with E-state index < -0.39 is 11.7 Å². The van der Waals surface area contributed by atoms with Crippen LogP contribution in [0, 0.1) is 0 Å². The molecule has 7 heteroatoms. The van der Waals surface area contributed by atoms with Crippen molar-refractivity contribution in [2.75, 3.05) is 5.75 Å². The molecule has 6 nitrogen and oxygen atoms in total. The standard InChI is InChI=1S/C29H35N3O3S/c1-29(2,3)35-28(34)32-25(17-22-11-6-4-7-12-22)21-36-26(18-23-13-8-5-9-14-23)27(33)31-20-24-15-10-16-30-19-24/h4-16,19,25-26H,17-18,20-21H2,1-3H3,(H,31,33)(H,32,34)/t25-,26+/m0/s1. The normalized spacial score (nSPS) is 12.9. The fourth-order valence-corrected chi connectivity index (χ4v) is 4.83. The molecular weight excluding hydrogens is 470 g/mol. The van der Waals surface area contributed by atoms with Gasteiger partial charge in [-0.3, -0.25) is 9.78 Å². The summed E-state index contributed by atoms with van der Waals surface area (Å²) < 4.78 is 5.50. The van der Waals surface area contributed by atoms with Gasteiger partial charge in [-0.05, 0) is 56.4 Å². The highest BCUT2D eigenvalue weighted by Gasteiger charge is 2.24. The molecule has 0 saturated heterocycles. The number of hydrogen-bond acceptors (Lipinski definition) is 5. The lowest BCUT2D eigenvalue weighted by Gasteiger charge is -2.25. The summed E-state index contributed by atoms with van der Waals surface area (Å²) >= 11 is 1.55. The molecule has 2 aromatic carbocycles. The number of pyridine rings is 1. The monoisotopic (exact) mass is 505 g/mol. The second-order valence-corrected chi connectivity index (χ2v) is 10.9. The van der Waals surface area contributed by atoms with Crippen LogP contribution in [-0.2, 0) is 28.9 Å². The lowest BCUT2D eigenvalue weighted by molar-refractivity contribution is -0.120. The molecular formula is C29H35N3O3S. The SMILES string of the molecule is CC(C)(C)OC(=O)N[C@H](CS[C@H](Cc1ccccc1)C(=O)NCc1cccnc1)Cc1ccccc1. The maximum absolute atomic E-state index is 13.2. The summed E-state index contributed by atoms with van der Waals surface area (Å²) in [5.74, 6) is 0.523. The van der Waals surface area contributed by atoms with Crippen LogP contribution in [0.15, 0.2) is 85.2 Å². The molecule has 0 radical (unpaired) electrons. The zero-order valence-corrected chi connectivity index (χ0v) is 22.0. The third kappa shape index (κ3) is 10.1. The largest absolute Gasteiger partial charge is 0.444 e. The summed E-state index contributed by atoms with van der Waals surface area (Å²) in [6, 6.07) is 23.6. The van der Waals surface area contributed by atoms with Crippen molar-refractivity contribution in [2.24, 2.45) is 0 Å². The Morgan fingerprint density at radius 1 is 0.889 bits per heavy atom. The van der Waals surface area contributed by atoms with Gasteiger partial charge in [-0.25, -0.2) is 4.79 Å². The minimum absolute atomic E-state index is 0.0385. The summed E-state index contributed by atoms with van der Waals surface area (Å²) in [7, 11) is 0. The number of carbonyl (C=O) groups is 2. The van der Waals surface area contributed by atoms with Gasteiger partial charge in [0.2, 0.25) is 5.91 Å². The number of thioether (sulfide) groups is 1. The zero-order valence-electron chi connectivity index (χ0n) is 21.1. The Labute approximate surface area is 218 Å². The van der Waals surface area contributed by atoms with Crippen LogP contribution >= 0.6 is 11.8 Å². The molecule has 190 valence electrons. The number of amides is 2. The van der Waals surface area contributed by atoms with Crippen LogP contribution in [0.4, 0.5) is 4.79 Å². The molecule has 0 aliphatic carbocycles. The van der Waals surface area contributed by atoms with Gasteiger partial charge in [-0.15, -0.1) is 11.8 Å². The summed E-state index contributed by atoms with van der Waals surface area (Å²) in [6.07, 6.45) is 4.24. The fourth-order valence-electron chi connectivity index (χ4n) is 3.62. The Hall–Kier alpha value is -3.32. The maximum atomic E-state index is 13.2. The lowest BCUT2D eigenvalue weighted by Crippen LogP contribution is -2.42. The first-order chi connectivity index (χ1) is 17.3. The number of alkyl carbamates (subject to hydrolysis) is 1. The Balaban J connectivity index is 1.70. The van der Waals surface area contributed by atoms with E-state index in [1.165, 1.54) is 0 Å². The van der Waals surface area contributed by atoms with Crippen molar-refractivity contribution < 1.29 is 14.3 Å². The minimum Gasteiger partial charge on any atom is -0.444 e. The van der Waals surface area contributed by atoms with Gasteiger partial charge < -0.3 is 15.4 Å². The Morgan fingerprint density at radius 2 is 1.50 bits per heavy atom. The third-order valence-electron chi connectivity index (χ3n) is 5.29. The van der Waals surface area contributed by atoms with Gasteiger partial charge in [-0.1, -0.05) is 66.7 Å². The Bertz CT molecular complexity index is 1070. The van der Waals surface area contributed by atoms with Crippen LogP contribution in [0.3, 0.4) is 0 Å². The lowest BCUT2D eigenvalue weighted by atomic mass is 10.1. The highest BCUT2D eigenvalue weighted by Crippen LogP contribution is 2.20. The van der Waals surface area contributed by atoms with Crippen molar-refractivity contribution in [2.45, 2.75) is 57.1 Å². The van der Waals surface area contributed by atoms with Crippen LogP contribution in [0.25, 0.3) is 0 Å². The van der Waals surface area contributed by atoms with E-state index in [4.69, 9.17) is 4.74 Å². The van der Waals surface area contributed by atoms with Gasteiger partial charge >= 0.3 is 6.09 Å². The number of benzene rings is 2. The molecule has 1 aromatic heterocycles. The van der Waals surface area contributed by atoms with Crippen LogP contribution in [-0.4, -0.2) is 39.6 Å². The number of carbonyl (C=O) groups excluding carboxylic acids is 2. The van der Waals surface area contributed by atoms with Gasteiger partial charge in [0.15, 0.2) is 0 Å². The Kier molecular flexibility index (Phi) is 10.4. The fraction of sp³-hybridized carbons (Fsp3) is 0.345. The van der Waals surface area contributed by atoms with Crippen molar-refractivity contribution in [3.05, 3.63) is 102 Å². The van der Waals surface area contributed by atoms with Crippen LogP contribution in [0.5, 0.6) is 0 Å². The predicted molar refractivity (Wildman–Crippen MR) is 146 cm³/mol. The summed E-state index contributed by atoms with van der Waals surface area (Å²) in [5.41, 5.74) is 2.56. The van der Waals surface area contributed by atoms with Gasteiger partial charge in [0.05, 0.1) is 5.25 Å². The van der Waals surface area contributed by atoms with Gasteiger partial charge in [-0.2, -0.15) is 0 Å². The molecule has 0 fully saturated rings. The molecule has 0 saturated carbocycles. The average Bonchev–Trinajstić information content (AvgIpc) is 2.85. The number of hydrogen-bond donors (Lipinski definition) is 2. The molecule has 0 bridgehead atoms. The second kappa shape index (κ2) is 13.7. The highest BCUT2D eigenvalue weighted by molar-refractivity contribution is 8.00. The molecule has 2 atom stereocenters. The Morgan fingerprint density at radius 3 is 2.08 bits per heavy atom. The summed E-state index contributed by atoms with van der Waals surface area (Å²) in [6.45, 7) is 5.95. The van der Waals surface area contributed by atoms with E-state index in [0.29, 0.717) is 25.1 Å². The number of nitrogens with one attached hydrogen (secondary N) is 2. The van der Waals surface area contributed by atoms with E-state index >= 15 is 0 Å². The van der Waals surface area contributed by atoms with Gasteiger partial charge in [0.25, 0.3) is 0 Å². The molecule has 0 spiro atoms. The van der Waals surface area contributed by atoms with E-state index in [9.17, 15) is 9.59 Å². The molecule has 0 aliphatic rings. The molecule has 2 N–H and O–H groups in total. The molecule has 1 heterocycles. The van der Waals surface area contributed by atoms with E-state index in [2.05, 4.69) is 15.6 Å². The number of aromatic nitrogens is 1. The quantitative estimate of drug-likeness (QED) is 0.375. The molecule has 0 aliphatic heterocycles. The first-order valence-electron chi connectivity index (χ1n) is 12.1. The number of rotatable bonds is 11. The average molecular weight is 506 g/mol. The first-order valence-corrected chi connectivity index (χ1v) is 13.2. The molecule has 3 aromatic rings. The topological polar surface area (TPSA) is 80.3 Å². The third-order valence-corrected chi connectivity index (χ3v) is 6.67. The van der Waals surface area contributed by atoms with E-state index in [1.54, 1.807) is 24.2 Å². The van der Waals surface area contributed by atoms with Crippen molar-refractivity contribution in [3.8, 4) is 0 Å². The van der Waals surface area contributed by atoms with Gasteiger partial charge in [0.1, 0.15) is 5.60 Å². The van der Waals surface area contributed by atoms with Crippen molar-refractivity contribution in [1.82, 2.24) is 15.6 Å². The van der Waals surface area contributed by atoms with E-state index in [1.807, 2.05) is 93.6 Å². The molecule has 0 unspecified atom stereocenters. The number of nitrogens with zero attached hydrogens (tertiary/aromatic N) is 1. The highest BCUT2D eigenvalue weighted by atomic mass is 32.2. The molecule has 36 heavy (non-hydrogen) atoms. The van der Waals surface area contributed by atoms with Crippen LogP contribution < -0.4 is 10.6 Å². The maximum Gasteiger partial charge on any atom is 0.407 e. The zero-order chi connectivity index (χ0) is 25.8. The second-order valence-electron chi connectivity index (χ2n) is 9.62. The van der Waals surface area contributed by atoms with Crippen molar-refractivity contribution in [1.29, 1.82) is 0 Å². The van der Waals surface area contributed by atoms with Gasteiger partial charge in [0, 0.05) is 30.7 Å². The minimum atomic E-state index is -0.587. The molecule has 3 rings (SSSR count).